The highest BCUT2D eigenvalue weighted by Crippen LogP contribution is 2.27. The van der Waals surface area contributed by atoms with Crippen LogP contribution in [0.1, 0.15) is 47.2 Å². The molecule has 0 aliphatic heterocycles. The first-order valence-corrected chi connectivity index (χ1v) is 11.1. The molecule has 0 aliphatic rings. The van der Waals surface area contributed by atoms with E-state index in [-0.39, 0.29) is 0 Å². The van der Waals surface area contributed by atoms with Crippen LogP contribution < -0.4 is 0 Å². The molecule has 2 nitrogen and oxygen atoms in total. The van der Waals surface area contributed by atoms with Crippen molar-refractivity contribution in [1.29, 1.82) is 0 Å². The highest BCUT2D eigenvalue weighted by atomic mass is 15.3. The summed E-state index contributed by atoms with van der Waals surface area (Å²) in [5.41, 5.74) is 6.82. The Morgan fingerprint density at radius 2 is 0.967 bits per heavy atom. The number of para-hydroxylation sites is 1. The maximum Gasteiger partial charge on any atom is 0.0743 e. The molecule has 0 spiro atoms. The van der Waals surface area contributed by atoms with Crippen molar-refractivity contribution in [3.05, 3.63) is 96.7 Å². The average molecular weight is 401 g/mol. The van der Waals surface area contributed by atoms with Gasteiger partial charge in [0.15, 0.2) is 0 Å². The number of benzene rings is 3. The van der Waals surface area contributed by atoms with Crippen molar-refractivity contribution in [2.45, 2.75) is 48.5 Å². The van der Waals surface area contributed by atoms with E-state index in [1.807, 2.05) is 77.4 Å². The lowest BCUT2D eigenvalue weighted by atomic mass is 10.0. The standard InChI is InChI=1S/C22H18N2.3C2H6/c1-17-16-22(24(23-17)21-10-6-3-7-11-21)20-14-12-19(13-15-20)18-8-4-2-5-9-18;3*1-2/h2-16H,1H3;3*1-2H3. The Balaban J connectivity index is 0.000000691. The third-order valence-electron chi connectivity index (χ3n) is 4.12. The van der Waals surface area contributed by atoms with Crippen LogP contribution in [0.4, 0.5) is 0 Å². The number of hydrogen-bond donors (Lipinski definition) is 0. The third-order valence-corrected chi connectivity index (χ3v) is 4.12. The van der Waals surface area contributed by atoms with Crippen molar-refractivity contribution in [2.75, 3.05) is 0 Å². The zero-order valence-electron chi connectivity index (χ0n) is 19.6. The normalized spacial score (nSPS) is 9.17. The Kier molecular flexibility index (Phi) is 11.6. The van der Waals surface area contributed by atoms with Crippen LogP contribution >= 0.6 is 0 Å². The van der Waals surface area contributed by atoms with Crippen LogP contribution in [0.5, 0.6) is 0 Å². The first kappa shape index (κ1) is 24.9. The molecule has 0 saturated carbocycles. The predicted octanol–water partition coefficient (Wildman–Crippen LogP) is 8.59. The second kappa shape index (κ2) is 13.9. The van der Waals surface area contributed by atoms with Crippen LogP contribution in [-0.4, -0.2) is 9.78 Å². The molecule has 0 radical (unpaired) electrons. The Morgan fingerprint density at radius 1 is 0.533 bits per heavy atom. The summed E-state index contributed by atoms with van der Waals surface area (Å²) in [7, 11) is 0. The van der Waals surface area contributed by atoms with E-state index in [0.717, 1.165) is 17.1 Å². The summed E-state index contributed by atoms with van der Waals surface area (Å²) in [4.78, 5) is 0. The molecule has 1 aromatic heterocycles. The smallest absolute Gasteiger partial charge is 0.0743 e. The fraction of sp³-hybridized carbons (Fsp3) is 0.250. The minimum atomic E-state index is 1.01. The maximum absolute atomic E-state index is 4.65. The van der Waals surface area contributed by atoms with E-state index in [9.17, 15) is 0 Å². The molecule has 4 rings (SSSR count). The minimum Gasteiger partial charge on any atom is -0.233 e. The van der Waals surface area contributed by atoms with Crippen LogP contribution in [0.25, 0.3) is 28.1 Å². The maximum atomic E-state index is 4.65. The highest BCUT2D eigenvalue weighted by Gasteiger charge is 2.10. The SMILES string of the molecule is CC.CC.CC.Cc1cc(-c2ccc(-c3ccccc3)cc2)n(-c2ccccc2)n1. The molecule has 0 atom stereocenters. The van der Waals surface area contributed by atoms with E-state index in [2.05, 4.69) is 71.8 Å². The summed E-state index contributed by atoms with van der Waals surface area (Å²) in [6.45, 7) is 14.0. The fourth-order valence-corrected chi connectivity index (χ4v) is 2.94. The summed E-state index contributed by atoms with van der Waals surface area (Å²) < 4.78 is 2.01. The van der Waals surface area contributed by atoms with Crippen LogP contribution in [0.3, 0.4) is 0 Å². The molecule has 1 heterocycles. The molecule has 0 saturated heterocycles. The molecule has 3 aromatic carbocycles. The number of aromatic nitrogens is 2. The van der Waals surface area contributed by atoms with E-state index < -0.39 is 0 Å². The molecule has 0 bridgehead atoms. The molecule has 30 heavy (non-hydrogen) atoms. The number of rotatable bonds is 3. The van der Waals surface area contributed by atoms with Gasteiger partial charge in [-0.25, -0.2) is 4.68 Å². The van der Waals surface area contributed by atoms with Gasteiger partial charge in [0, 0.05) is 5.56 Å². The van der Waals surface area contributed by atoms with Gasteiger partial charge in [0.25, 0.3) is 0 Å². The summed E-state index contributed by atoms with van der Waals surface area (Å²) in [5.74, 6) is 0. The Hall–Kier alpha value is -3.13. The minimum absolute atomic E-state index is 1.01. The zero-order valence-corrected chi connectivity index (χ0v) is 19.6. The average Bonchev–Trinajstić information content (AvgIpc) is 3.26. The van der Waals surface area contributed by atoms with Crippen molar-refractivity contribution < 1.29 is 0 Å². The van der Waals surface area contributed by atoms with Gasteiger partial charge in [0.05, 0.1) is 17.1 Å². The quantitative estimate of drug-likeness (QED) is 0.336. The first-order chi connectivity index (χ1) is 14.8. The Labute approximate surface area is 183 Å². The van der Waals surface area contributed by atoms with E-state index in [0.29, 0.717) is 0 Å². The summed E-state index contributed by atoms with van der Waals surface area (Å²) >= 11 is 0. The lowest BCUT2D eigenvalue weighted by Gasteiger charge is -2.08. The lowest BCUT2D eigenvalue weighted by molar-refractivity contribution is 0.869. The monoisotopic (exact) mass is 400 g/mol. The Bertz CT molecular complexity index is 937. The second-order valence-corrected chi connectivity index (χ2v) is 5.86. The summed E-state index contributed by atoms with van der Waals surface area (Å²) in [6, 6.07) is 31.5. The van der Waals surface area contributed by atoms with E-state index in [1.54, 1.807) is 0 Å². The molecule has 0 amide bonds. The van der Waals surface area contributed by atoms with Crippen LogP contribution in [0, 0.1) is 6.92 Å². The summed E-state index contributed by atoms with van der Waals surface area (Å²) in [6.07, 6.45) is 0. The van der Waals surface area contributed by atoms with E-state index >= 15 is 0 Å². The molecule has 0 aliphatic carbocycles. The Morgan fingerprint density at radius 3 is 1.50 bits per heavy atom. The zero-order chi connectivity index (χ0) is 22.4. The van der Waals surface area contributed by atoms with Crippen LogP contribution in [0.15, 0.2) is 91.0 Å². The molecule has 0 N–H and O–H groups in total. The molecule has 0 fully saturated rings. The van der Waals surface area contributed by atoms with Gasteiger partial charge in [-0.05, 0) is 36.2 Å². The number of nitrogens with zero attached hydrogens (tertiary/aromatic N) is 2. The highest BCUT2D eigenvalue weighted by molar-refractivity contribution is 5.70. The first-order valence-electron chi connectivity index (χ1n) is 11.1. The van der Waals surface area contributed by atoms with Crippen molar-refractivity contribution in [2.24, 2.45) is 0 Å². The van der Waals surface area contributed by atoms with Crippen molar-refractivity contribution in [3.63, 3.8) is 0 Å². The van der Waals surface area contributed by atoms with Gasteiger partial charge >= 0.3 is 0 Å². The van der Waals surface area contributed by atoms with Gasteiger partial charge in [-0.15, -0.1) is 0 Å². The van der Waals surface area contributed by atoms with Gasteiger partial charge in [-0.2, -0.15) is 5.10 Å². The van der Waals surface area contributed by atoms with E-state index in [4.69, 9.17) is 0 Å². The molecule has 0 unspecified atom stereocenters. The van der Waals surface area contributed by atoms with Gasteiger partial charge < -0.3 is 0 Å². The molecule has 158 valence electrons. The van der Waals surface area contributed by atoms with E-state index in [1.165, 1.54) is 16.7 Å². The van der Waals surface area contributed by atoms with Crippen LogP contribution in [-0.2, 0) is 0 Å². The largest absolute Gasteiger partial charge is 0.233 e. The van der Waals surface area contributed by atoms with Gasteiger partial charge in [-0.3, -0.25) is 0 Å². The summed E-state index contributed by atoms with van der Waals surface area (Å²) in [5, 5.41) is 4.65. The van der Waals surface area contributed by atoms with Crippen molar-refractivity contribution >= 4 is 0 Å². The molecule has 2 heteroatoms. The van der Waals surface area contributed by atoms with Crippen molar-refractivity contribution in [1.82, 2.24) is 9.78 Å². The number of aryl methyl sites for hydroxylation is 1. The van der Waals surface area contributed by atoms with Gasteiger partial charge in [-0.1, -0.05) is 114 Å². The molecule has 4 aromatic rings. The lowest BCUT2D eigenvalue weighted by Crippen LogP contribution is -1.98. The third kappa shape index (κ3) is 6.45. The van der Waals surface area contributed by atoms with Crippen LogP contribution in [0.2, 0.25) is 0 Å². The molecular formula is C28H36N2. The van der Waals surface area contributed by atoms with Crippen molar-refractivity contribution in [3.8, 4) is 28.1 Å². The van der Waals surface area contributed by atoms with Gasteiger partial charge in [0.2, 0.25) is 0 Å². The second-order valence-electron chi connectivity index (χ2n) is 5.86. The predicted molar refractivity (Wildman–Crippen MR) is 133 cm³/mol. The number of hydrogen-bond acceptors (Lipinski definition) is 1. The fourth-order valence-electron chi connectivity index (χ4n) is 2.94. The van der Waals surface area contributed by atoms with Gasteiger partial charge in [0.1, 0.15) is 0 Å². The topological polar surface area (TPSA) is 17.8 Å². The molecular weight excluding hydrogens is 364 g/mol.